The number of thiazole rings is 1. The summed E-state index contributed by atoms with van der Waals surface area (Å²) in [4.78, 5) is 15.1. The van der Waals surface area contributed by atoms with Gasteiger partial charge < -0.3 is 0 Å². The summed E-state index contributed by atoms with van der Waals surface area (Å²) in [7, 11) is 0. The van der Waals surface area contributed by atoms with Crippen molar-refractivity contribution in [3.05, 3.63) is 52.0 Å². The Kier molecular flexibility index (Phi) is 2.97. The van der Waals surface area contributed by atoms with Gasteiger partial charge in [0.15, 0.2) is 10.7 Å². The second-order valence-electron chi connectivity index (χ2n) is 3.23. The number of rotatable bonds is 2. The van der Waals surface area contributed by atoms with E-state index in [-0.39, 0.29) is 5.01 Å². The standard InChI is InChI=1S/C11H6F3NOS/c12-11(13,14)8-6-17-10(15-8)9(16)7-4-2-1-3-5-7/h1-6H. The van der Waals surface area contributed by atoms with Gasteiger partial charge in [-0.1, -0.05) is 30.3 Å². The van der Waals surface area contributed by atoms with Crippen LogP contribution >= 0.6 is 11.3 Å². The smallest absolute Gasteiger partial charge is 0.286 e. The van der Waals surface area contributed by atoms with Crippen molar-refractivity contribution >= 4 is 17.1 Å². The number of carbonyl (C=O) groups is 1. The number of alkyl halides is 3. The van der Waals surface area contributed by atoms with Crippen molar-refractivity contribution in [3.63, 3.8) is 0 Å². The van der Waals surface area contributed by atoms with E-state index in [1.807, 2.05) is 0 Å². The van der Waals surface area contributed by atoms with Crippen LogP contribution < -0.4 is 0 Å². The number of hydrogen-bond donors (Lipinski definition) is 0. The highest BCUT2D eigenvalue weighted by molar-refractivity contribution is 7.12. The molecule has 88 valence electrons. The first kappa shape index (κ1) is 11.8. The van der Waals surface area contributed by atoms with E-state index in [0.717, 1.165) is 5.38 Å². The molecule has 0 atom stereocenters. The summed E-state index contributed by atoms with van der Waals surface area (Å²) in [6.45, 7) is 0. The van der Waals surface area contributed by atoms with Crippen LogP contribution in [-0.4, -0.2) is 10.8 Å². The number of nitrogens with zero attached hydrogens (tertiary/aromatic N) is 1. The minimum Gasteiger partial charge on any atom is -0.286 e. The molecule has 6 heteroatoms. The average Bonchev–Trinajstić information content (AvgIpc) is 2.78. The van der Waals surface area contributed by atoms with Gasteiger partial charge in [-0.25, -0.2) is 4.98 Å². The monoisotopic (exact) mass is 257 g/mol. The molecule has 0 saturated heterocycles. The first-order valence-corrected chi connectivity index (χ1v) is 5.49. The third kappa shape index (κ3) is 2.52. The SMILES string of the molecule is O=C(c1ccccc1)c1nc(C(F)(F)F)cs1. The summed E-state index contributed by atoms with van der Waals surface area (Å²) >= 11 is 0.699. The molecule has 0 aliphatic heterocycles. The molecule has 1 heterocycles. The highest BCUT2D eigenvalue weighted by Crippen LogP contribution is 2.30. The maximum Gasteiger partial charge on any atom is 0.434 e. The first-order valence-electron chi connectivity index (χ1n) is 4.61. The number of halogens is 3. The van der Waals surface area contributed by atoms with Crippen molar-refractivity contribution in [2.75, 3.05) is 0 Å². The van der Waals surface area contributed by atoms with Crippen LogP contribution in [-0.2, 0) is 6.18 Å². The lowest BCUT2D eigenvalue weighted by Crippen LogP contribution is -2.07. The Morgan fingerprint density at radius 1 is 1.18 bits per heavy atom. The largest absolute Gasteiger partial charge is 0.434 e. The fraction of sp³-hybridized carbons (Fsp3) is 0.0909. The van der Waals surface area contributed by atoms with Gasteiger partial charge in [-0.05, 0) is 0 Å². The summed E-state index contributed by atoms with van der Waals surface area (Å²) in [6, 6.07) is 8.09. The quantitative estimate of drug-likeness (QED) is 0.772. The van der Waals surface area contributed by atoms with E-state index in [1.54, 1.807) is 18.2 Å². The van der Waals surface area contributed by atoms with E-state index < -0.39 is 17.7 Å². The lowest BCUT2D eigenvalue weighted by Gasteiger charge is -2.00. The van der Waals surface area contributed by atoms with Crippen molar-refractivity contribution < 1.29 is 18.0 Å². The van der Waals surface area contributed by atoms with E-state index in [1.165, 1.54) is 12.1 Å². The maximum atomic E-state index is 12.3. The summed E-state index contributed by atoms with van der Waals surface area (Å²) in [5, 5.41) is 0.694. The molecule has 2 nitrogen and oxygen atoms in total. The number of ketones is 1. The van der Waals surface area contributed by atoms with E-state index in [0.29, 0.717) is 16.9 Å². The van der Waals surface area contributed by atoms with E-state index in [2.05, 4.69) is 4.98 Å². The van der Waals surface area contributed by atoms with Crippen LogP contribution in [0, 0.1) is 0 Å². The predicted molar refractivity (Wildman–Crippen MR) is 57.0 cm³/mol. The molecule has 1 aromatic carbocycles. The topological polar surface area (TPSA) is 30.0 Å². The Balaban J connectivity index is 2.30. The van der Waals surface area contributed by atoms with Gasteiger partial charge in [0.1, 0.15) is 0 Å². The second-order valence-corrected chi connectivity index (χ2v) is 4.09. The van der Waals surface area contributed by atoms with Crippen LogP contribution in [0.4, 0.5) is 13.2 Å². The third-order valence-corrected chi connectivity index (χ3v) is 2.87. The summed E-state index contributed by atoms with van der Waals surface area (Å²) in [6.07, 6.45) is -4.51. The summed E-state index contributed by atoms with van der Waals surface area (Å²) in [5.74, 6) is -0.494. The number of carbonyl (C=O) groups excluding carboxylic acids is 1. The molecule has 0 amide bonds. The second kappa shape index (κ2) is 4.29. The van der Waals surface area contributed by atoms with Crippen LogP contribution in [0.1, 0.15) is 21.1 Å². The van der Waals surface area contributed by atoms with Crippen LogP contribution in [0.3, 0.4) is 0 Å². The summed E-state index contributed by atoms with van der Waals surface area (Å²) < 4.78 is 36.9. The Morgan fingerprint density at radius 3 is 2.35 bits per heavy atom. The van der Waals surface area contributed by atoms with Gasteiger partial charge in [0.05, 0.1) is 0 Å². The zero-order chi connectivity index (χ0) is 12.5. The van der Waals surface area contributed by atoms with Crippen LogP contribution in [0.15, 0.2) is 35.7 Å². The Hall–Kier alpha value is -1.69. The Labute approximate surface area is 98.7 Å². The Morgan fingerprint density at radius 2 is 1.82 bits per heavy atom. The number of hydrogen-bond acceptors (Lipinski definition) is 3. The fourth-order valence-corrected chi connectivity index (χ4v) is 2.01. The molecule has 17 heavy (non-hydrogen) atoms. The molecular formula is C11H6F3NOS. The molecule has 0 N–H and O–H groups in total. The zero-order valence-corrected chi connectivity index (χ0v) is 9.18. The molecule has 0 bridgehead atoms. The number of aromatic nitrogens is 1. The molecule has 2 aromatic rings. The minimum atomic E-state index is -4.51. The predicted octanol–water partition coefficient (Wildman–Crippen LogP) is 3.39. The molecule has 0 fully saturated rings. The van der Waals surface area contributed by atoms with Crippen molar-refractivity contribution in [1.82, 2.24) is 4.98 Å². The number of benzene rings is 1. The van der Waals surface area contributed by atoms with Gasteiger partial charge in [0.2, 0.25) is 5.78 Å². The highest BCUT2D eigenvalue weighted by Gasteiger charge is 2.34. The van der Waals surface area contributed by atoms with E-state index in [4.69, 9.17) is 0 Å². The van der Waals surface area contributed by atoms with Gasteiger partial charge in [0, 0.05) is 10.9 Å². The third-order valence-electron chi connectivity index (χ3n) is 2.02. The van der Waals surface area contributed by atoms with Gasteiger partial charge in [0.25, 0.3) is 0 Å². The van der Waals surface area contributed by atoms with Gasteiger partial charge >= 0.3 is 6.18 Å². The Bertz CT molecular complexity index is 533. The van der Waals surface area contributed by atoms with Crippen molar-refractivity contribution in [2.24, 2.45) is 0 Å². The van der Waals surface area contributed by atoms with Crippen molar-refractivity contribution in [1.29, 1.82) is 0 Å². The normalized spacial score (nSPS) is 11.5. The molecule has 0 aliphatic rings. The van der Waals surface area contributed by atoms with Gasteiger partial charge in [-0.3, -0.25) is 4.79 Å². The maximum absolute atomic E-state index is 12.3. The molecule has 0 spiro atoms. The molecule has 1 aromatic heterocycles. The molecule has 0 saturated carbocycles. The van der Waals surface area contributed by atoms with Crippen molar-refractivity contribution in [3.8, 4) is 0 Å². The fourth-order valence-electron chi connectivity index (χ4n) is 1.22. The van der Waals surface area contributed by atoms with Crippen LogP contribution in [0.2, 0.25) is 0 Å². The van der Waals surface area contributed by atoms with Gasteiger partial charge in [-0.2, -0.15) is 13.2 Å². The van der Waals surface area contributed by atoms with Crippen molar-refractivity contribution in [2.45, 2.75) is 6.18 Å². The molecular weight excluding hydrogens is 251 g/mol. The zero-order valence-electron chi connectivity index (χ0n) is 8.36. The molecule has 2 rings (SSSR count). The molecule has 0 aliphatic carbocycles. The van der Waals surface area contributed by atoms with E-state index in [9.17, 15) is 18.0 Å². The lowest BCUT2D eigenvalue weighted by atomic mass is 10.1. The molecule has 0 unspecified atom stereocenters. The molecule has 0 radical (unpaired) electrons. The summed E-state index contributed by atoms with van der Waals surface area (Å²) in [5.41, 5.74) is -0.697. The minimum absolute atomic E-state index is 0.150. The highest BCUT2D eigenvalue weighted by atomic mass is 32.1. The first-order chi connectivity index (χ1) is 7.98. The lowest BCUT2D eigenvalue weighted by molar-refractivity contribution is -0.140. The van der Waals surface area contributed by atoms with E-state index >= 15 is 0 Å². The van der Waals surface area contributed by atoms with Gasteiger partial charge in [-0.15, -0.1) is 11.3 Å². The average molecular weight is 257 g/mol. The van der Waals surface area contributed by atoms with Crippen LogP contribution in [0.25, 0.3) is 0 Å². The van der Waals surface area contributed by atoms with Crippen LogP contribution in [0.5, 0.6) is 0 Å².